The highest BCUT2D eigenvalue weighted by molar-refractivity contribution is 5.79. The number of hydrogen-bond donors (Lipinski definition) is 1. The first-order valence-electron chi connectivity index (χ1n) is 11.8. The number of benzene rings is 1. The second-order valence-electron chi connectivity index (χ2n) is 9.06. The van der Waals surface area contributed by atoms with E-state index >= 15 is 0 Å². The predicted octanol–water partition coefficient (Wildman–Crippen LogP) is 2.74. The van der Waals surface area contributed by atoms with E-state index in [4.69, 9.17) is 0 Å². The van der Waals surface area contributed by atoms with Crippen molar-refractivity contribution in [3.05, 3.63) is 35.9 Å². The molecule has 3 aliphatic heterocycles. The summed E-state index contributed by atoms with van der Waals surface area (Å²) in [5.74, 6) is 0.302. The van der Waals surface area contributed by atoms with Crippen LogP contribution < -0.4 is 5.32 Å². The van der Waals surface area contributed by atoms with Crippen molar-refractivity contribution in [3.8, 4) is 0 Å². The zero-order valence-electron chi connectivity index (χ0n) is 18.1. The molecule has 0 spiro atoms. The molecule has 3 saturated heterocycles. The van der Waals surface area contributed by atoms with Crippen molar-refractivity contribution < 1.29 is 9.59 Å². The summed E-state index contributed by atoms with van der Waals surface area (Å²) in [7, 11) is 0. The maximum Gasteiger partial charge on any atom is 0.319 e. The van der Waals surface area contributed by atoms with Gasteiger partial charge < -0.3 is 15.1 Å². The van der Waals surface area contributed by atoms with Crippen molar-refractivity contribution in [2.24, 2.45) is 5.92 Å². The topological polar surface area (TPSA) is 55.9 Å². The number of hydrogen-bond acceptors (Lipinski definition) is 3. The highest BCUT2D eigenvalue weighted by atomic mass is 16.2. The highest BCUT2D eigenvalue weighted by Crippen LogP contribution is 2.25. The zero-order valence-corrected chi connectivity index (χ0v) is 18.1. The fourth-order valence-electron chi connectivity index (χ4n) is 5.20. The molecule has 0 unspecified atom stereocenters. The molecular weight excluding hydrogens is 376 g/mol. The molecule has 0 saturated carbocycles. The first-order valence-corrected chi connectivity index (χ1v) is 11.8. The summed E-state index contributed by atoms with van der Waals surface area (Å²) in [4.78, 5) is 31.9. The van der Waals surface area contributed by atoms with Crippen LogP contribution in [0.25, 0.3) is 0 Å². The van der Waals surface area contributed by atoms with E-state index in [9.17, 15) is 9.59 Å². The molecule has 1 N–H and O–H groups in total. The van der Waals surface area contributed by atoms with Gasteiger partial charge in [-0.05, 0) is 57.1 Å². The monoisotopic (exact) mass is 412 g/mol. The first-order chi connectivity index (χ1) is 14.7. The van der Waals surface area contributed by atoms with E-state index in [1.165, 1.54) is 5.56 Å². The number of carbonyl (C=O) groups is 2. The van der Waals surface area contributed by atoms with E-state index in [1.807, 2.05) is 28.0 Å². The number of carbonyl (C=O) groups excluding carboxylic acids is 2. The van der Waals surface area contributed by atoms with Crippen LogP contribution in [0.1, 0.15) is 44.1 Å². The van der Waals surface area contributed by atoms with Crippen LogP contribution in [-0.4, -0.2) is 78.5 Å². The molecule has 4 rings (SSSR count). The van der Waals surface area contributed by atoms with Gasteiger partial charge in [0.2, 0.25) is 5.91 Å². The lowest BCUT2D eigenvalue weighted by Crippen LogP contribution is -2.53. The lowest BCUT2D eigenvalue weighted by Gasteiger charge is -2.42. The van der Waals surface area contributed by atoms with Crippen molar-refractivity contribution in [2.45, 2.75) is 51.0 Å². The van der Waals surface area contributed by atoms with Crippen LogP contribution in [0.5, 0.6) is 0 Å². The van der Waals surface area contributed by atoms with Gasteiger partial charge in [0.15, 0.2) is 0 Å². The number of likely N-dealkylation sites (tertiary alicyclic amines) is 3. The van der Waals surface area contributed by atoms with Crippen molar-refractivity contribution in [1.29, 1.82) is 0 Å². The Morgan fingerprint density at radius 1 is 0.867 bits per heavy atom. The van der Waals surface area contributed by atoms with E-state index in [2.05, 4.69) is 22.3 Å². The summed E-state index contributed by atoms with van der Waals surface area (Å²) in [6.45, 7) is 6.20. The van der Waals surface area contributed by atoms with Gasteiger partial charge in [0.05, 0.1) is 5.92 Å². The van der Waals surface area contributed by atoms with Crippen molar-refractivity contribution in [3.63, 3.8) is 0 Å². The second-order valence-corrected chi connectivity index (χ2v) is 9.06. The van der Waals surface area contributed by atoms with E-state index in [1.54, 1.807) is 0 Å². The average molecular weight is 413 g/mol. The highest BCUT2D eigenvalue weighted by Gasteiger charge is 2.33. The third kappa shape index (κ3) is 5.34. The summed E-state index contributed by atoms with van der Waals surface area (Å²) in [6.07, 6.45) is 7.30. The molecule has 3 fully saturated rings. The van der Waals surface area contributed by atoms with Crippen LogP contribution in [0.4, 0.5) is 4.79 Å². The molecule has 3 amide bonds. The van der Waals surface area contributed by atoms with Crippen LogP contribution in [-0.2, 0) is 11.2 Å². The Labute approximate surface area is 180 Å². The van der Waals surface area contributed by atoms with Crippen LogP contribution >= 0.6 is 0 Å². The average Bonchev–Trinajstić information content (AvgIpc) is 3.34. The second kappa shape index (κ2) is 10.3. The van der Waals surface area contributed by atoms with E-state index < -0.39 is 0 Å². The van der Waals surface area contributed by atoms with E-state index in [0.717, 1.165) is 84.2 Å². The maximum atomic E-state index is 12.7. The Kier molecular flexibility index (Phi) is 7.26. The number of piperidine rings is 2. The Balaban J connectivity index is 1.20. The largest absolute Gasteiger partial charge is 0.355 e. The van der Waals surface area contributed by atoms with Crippen molar-refractivity contribution in [2.75, 3.05) is 45.8 Å². The molecule has 3 heterocycles. The summed E-state index contributed by atoms with van der Waals surface area (Å²) < 4.78 is 0. The van der Waals surface area contributed by atoms with Gasteiger partial charge in [0.25, 0.3) is 0 Å². The maximum absolute atomic E-state index is 12.7. The van der Waals surface area contributed by atoms with Crippen LogP contribution in [0, 0.1) is 5.92 Å². The molecule has 164 valence electrons. The van der Waals surface area contributed by atoms with E-state index in [-0.39, 0.29) is 17.9 Å². The Morgan fingerprint density at radius 3 is 2.30 bits per heavy atom. The van der Waals surface area contributed by atoms with Gasteiger partial charge in [-0.1, -0.05) is 30.3 Å². The van der Waals surface area contributed by atoms with Gasteiger partial charge in [0, 0.05) is 45.3 Å². The number of amides is 3. The molecule has 6 nitrogen and oxygen atoms in total. The smallest absolute Gasteiger partial charge is 0.319 e. The van der Waals surface area contributed by atoms with Crippen LogP contribution in [0.2, 0.25) is 0 Å². The summed E-state index contributed by atoms with van der Waals surface area (Å²) in [5, 5.41) is 3.15. The minimum atomic E-state index is 0.0961. The normalized spacial score (nSPS) is 23.5. The number of urea groups is 1. The zero-order chi connectivity index (χ0) is 20.8. The van der Waals surface area contributed by atoms with Crippen LogP contribution in [0.15, 0.2) is 30.3 Å². The first kappa shape index (κ1) is 21.2. The predicted molar refractivity (Wildman–Crippen MR) is 118 cm³/mol. The Morgan fingerprint density at radius 2 is 1.57 bits per heavy atom. The molecule has 1 aromatic rings. The van der Waals surface area contributed by atoms with Gasteiger partial charge in [-0.3, -0.25) is 9.69 Å². The molecule has 1 atom stereocenters. The third-order valence-corrected chi connectivity index (χ3v) is 7.01. The molecule has 0 bridgehead atoms. The quantitative estimate of drug-likeness (QED) is 0.809. The van der Waals surface area contributed by atoms with Gasteiger partial charge in [-0.2, -0.15) is 0 Å². The molecule has 0 aliphatic carbocycles. The third-order valence-electron chi connectivity index (χ3n) is 7.01. The van der Waals surface area contributed by atoms with Gasteiger partial charge in [-0.25, -0.2) is 4.79 Å². The molecule has 1 aromatic carbocycles. The Hall–Kier alpha value is -2.08. The molecule has 30 heavy (non-hydrogen) atoms. The minimum Gasteiger partial charge on any atom is -0.355 e. The van der Waals surface area contributed by atoms with Gasteiger partial charge in [0.1, 0.15) is 0 Å². The fraction of sp³-hybridized carbons (Fsp3) is 0.667. The number of nitrogens with zero attached hydrogens (tertiary/aromatic N) is 3. The molecular formula is C24H36N4O2. The lowest BCUT2D eigenvalue weighted by molar-refractivity contribution is -0.127. The Bertz CT molecular complexity index is 696. The fourth-order valence-corrected chi connectivity index (χ4v) is 5.20. The van der Waals surface area contributed by atoms with Crippen molar-refractivity contribution >= 4 is 11.9 Å². The molecule has 0 aromatic heterocycles. The number of rotatable bonds is 5. The lowest BCUT2D eigenvalue weighted by atomic mass is 9.93. The SMILES string of the molecule is O=C(NCCc1ccccc1)[C@H]1CCCN(C2CCN(C(=O)N3CCCC3)CC2)C1. The van der Waals surface area contributed by atoms with E-state index in [0.29, 0.717) is 12.6 Å². The van der Waals surface area contributed by atoms with Gasteiger partial charge in [-0.15, -0.1) is 0 Å². The van der Waals surface area contributed by atoms with Crippen LogP contribution in [0.3, 0.4) is 0 Å². The molecule has 0 radical (unpaired) electrons. The van der Waals surface area contributed by atoms with Gasteiger partial charge >= 0.3 is 6.03 Å². The summed E-state index contributed by atoms with van der Waals surface area (Å²) >= 11 is 0. The summed E-state index contributed by atoms with van der Waals surface area (Å²) in [5.41, 5.74) is 1.26. The molecule has 6 heteroatoms. The molecule has 3 aliphatic rings. The summed E-state index contributed by atoms with van der Waals surface area (Å²) in [6, 6.07) is 11.1. The minimum absolute atomic E-state index is 0.0961. The number of nitrogens with one attached hydrogen (secondary N) is 1. The standard InChI is InChI=1S/C24H36N4O2/c29-23(25-13-10-20-7-2-1-3-8-20)21-9-6-16-28(19-21)22-11-17-27(18-12-22)24(30)26-14-4-5-15-26/h1-3,7-8,21-22H,4-6,9-19H2,(H,25,29)/t21-/m0/s1. The van der Waals surface area contributed by atoms with Crippen molar-refractivity contribution in [1.82, 2.24) is 20.0 Å².